The molecule has 0 amide bonds. The van der Waals surface area contributed by atoms with E-state index >= 15 is 0 Å². The highest BCUT2D eigenvalue weighted by Gasteiger charge is 2.24. The van der Waals surface area contributed by atoms with Crippen LogP contribution in [0.5, 0.6) is 0 Å². The van der Waals surface area contributed by atoms with Crippen molar-refractivity contribution in [1.29, 1.82) is 0 Å². The Kier molecular flexibility index (Phi) is 5.36. The zero-order chi connectivity index (χ0) is 17.9. The number of hydrogen-bond donors (Lipinski definition) is 0. The smallest absolute Gasteiger partial charge is 0.246 e. The molecule has 1 aliphatic heterocycles. The average Bonchev–Trinajstić information content (AvgIpc) is 2.63. The van der Waals surface area contributed by atoms with E-state index < -0.39 is 15.8 Å². The first-order valence-corrected chi connectivity index (χ1v) is 9.55. The van der Waals surface area contributed by atoms with Gasteiger partial charge in [-0.05, 0) is 29.8 Å². The first-order chi connectivity index (χ1) is 12.0. The molecule has 1 saturated heterocycles. The van der Waals surface area contributed by atoms with Gasteiger partial charge in [-0.2, -0.15) is 4.31 Å². The van der Waals surface area contributed by atoms with Gasteiger partial charge in [0, 0.05) is 32.4 Å². The molecule has 0 atom stereocenters. The molecule has 0 unspecified atom stereocenters. The summed E-state index contributed by atoms with van der Waals surface area (Å²) in [6.45, 7) is 3.30. The van der Waals surface area contributed by atoms with Gasteiger partial charge in [-0.25, -0.2) is 12.8 Å². The summed E-state index contributed by atoms with van der Waals surface area (Å²) in [4.78, 5) is 1.93. The molecule has 0 aliphatic carbocycles. The summed E-state index contributed by atoms with van der Waals surface area (Å²) < 4.78 is 45.4. The van der Waals surface area contributed by atoms with Gasteiger partial charge in [0.2, 0.25) is 10.0 Å². The molecular weight excluding hydrogens is 343 g/mol. The van der Waals surface area contributed by atoms with Crippen molar-refractivity contribution in [2.24, 2.45) is 0 Å². The van der Waals surface area contributed by atoms with Gasteiger partial charge in [0.1, 0.15) is 10.7 Å². The molecule has 134 valence electrons. The van der Waals surface area contributed by atoms with Gasteiger partial charge < -0.3 is 9.64 Å². The predicted octanol–water partition coefficient (Wildman–Crippen LogP) is 2.48. The van der Waals surface area contributed by atoms with Crippen molar-refractivity contribution in [2.45, 2.75) is 11.4 Å². The normalized spacial score (nSPS) is 15.6. The Labute approximate surface area is 147 Å². The molecule has 0 aromatic heterocycles. The van der Waals surface area contributed by atoms with E-state index in [4.69, 9.17) is 4.74 Å². The zero-order valence-corrected chi connectivity index (χ0v) is 14.9. The Bertz CT molecular complexity index is 818. The number of nitrogens with zero attached hydrogens (tertiary/aromatic N) is 2. The number of sulfonamides is 1. The van der Waals surface area contributed by atoms with Crippen molar-refractivity contribution in [3.63, 3.8) is 0 Å². The maximum atomic E-state index is 13.8. The van der Waals surface area contributed by atoms with Crippen LogP contribution in [0.4, 0.5) is 10.1 Å². The highest BCUT2D eigenvalue weighted by molar-refractivity contribution is 7.89. The topological polar surface area (TPSA) is 49.9 Å². The fourth-order valence-corrected chi connectivity index (χ4v) is 4.02. The van der Waals surface area contributed by atoms with Crippen LogP contribution in [0.15, 0.2) is 53.4 Å². The third kappa shape index (κ3) is 4.00. The maximum Gasteiger partial charge on any atom is 0.246 e. The molecule has 0 bridgehead atoms. The number of rotatable bonds is 5. The lowest BCUT2D eigenvalue weighted by atomic mass is 10.2. The summed E-state index contributed by atoms with van der Waals surface area (Å²) in [6.07, 6.45) is 0. The quantitative estimate of drug-likeness (QED) is 0.818. The van der Waals surface area contributed by atoms with Crippen LogP contribution in [0.3, 0.4) is 0 Å². The summed E-state index contributed by atoms with van der Waals surface area (Å²) in [5.74, 6) is -0.739. The molecule has 1 fully saturated rings. The van der Waals surface area contributed by atoms with E-state index in [-0.39, 0.29) is 11.4 Å². The van der Waals surface area contributed by atoms with Crippen molar-refractivity contribution in [2.75, 3.05) is 38.3 Å². The number of ether oxygens (including phenoxy) is 1. The SMILES string of the molecule is CN(Cc1ccc(N2CCOCC2)cc1)S(=O)(=O)c1ccccc1F. The second-order valence-corrected chi connectivity index (χ2v) is 7.97. The first-order valence-electron chi connectivity index (χ1n) is 8.11. The Morgan fingerprint density at radius 3 is 2.36 bits per heavy atom. The molecule has 0 radical (unpaired) electrons. The van der Waals surface area contributed by atoms with Gasteiger partial charge in [-0.15, -0.1) is 0 Å². The van der Waals surface area contributed by atoms with Gasteiger partial charge >= 0.3 is 0 Å². The van der Waals surface area contributed by atoms with E-state index in [0.717, 1.165) is 34.7 Å². The predicted molar refractivity (Wildman–Crippen MR) is 94.5 cm³/mol. The van der Waals surface area contributed by atoms with Crippen molar-refractivity contribution >= 4 is 15.7 Å². The molecule has 3 rings (SSSR count). The highest BCUT2D eigenvalue weighted by atomic mass is 32.2. The van der Waals surface area contributed by atoms with Crippen LogP contribution in [-0.4, -0.2) is 46.1 Å². The standard InChI is InChI=1S/C18H21FN2O3S/c1-20(25(22,23)18-5-3-2-4-17(18)19)14-15-6-8-16(9-7-15)21-10-12-24-13-11-21/h2-9H,10-14H2,1H3. The molecule has 2 aromatic rings. The zero-order valence-electron chi connectivity index (χ0n) is 14.1. The second kappa shape index (κ2) is 7.51. The molecular formula is C18H21FN2O3S. The van der Waals surface area contributed by atoms with Gasteiger partial charge in [-0.3, -0.25) is 0 Å². The van der Waals surface area contributed by atoms with E-state index in [9.17, 15) is 12.8 Å². The Hall–Kier alpha value is -1.96. The molecule has 1 aliphatic rings. The number of anilines is 1. The number of morpholine rings is 1. The van der Waals surface area contributed by atoms with Crippen LogP contribution in [0.2, 0.25) is 0 Å². The third-order valence-corrected chi connectivity index (χ3v) is 6.08. The summed E-state index contributed by atoms with van der Waals surface area (Å²) >= 11 is 0. The average molecular weight is 364 g/mol. The van der Waals surface area contributed by atoms with Crippen LogP contribution in [0.1, 0.15) is 5.56 Å². The minimum Gasteiger partial charge on any atom is -0.378 e. The molecule has 7 heteroatoms. The minimum absolute atomic E-state index is 0.181. The molecule has 5 nitrogen and oxygen atoms in total. The fraction of sp³-hybridized carbons (Fsp3) is 0.333. The summed E-state index contributed by atoms with van der Waals surface area (Å²) in [5, 5.41) is 0. The van der Waals surface area contributed by atoms with E-state index in [0.29, 0.717) is 13.2 Å². The maximum absolute atomic E-state index is 13.8. The van der Waals surface area contributed by atoms with E-state index in [1.54, 1.807) is 0 Å². The van der Waals surface area contributed by atoms with E-state index in [2.05, 4.69) is 4.90 Å². The summed E-state index contributed by atoms with van der Waals surface area (Å²) in [5.41, 5.74) is 1.94. The van der Waals surface area contributed by atoms with Crippen LogP contribution >= 0.6 is 0 Å². The Morgan fingerprint density at radius 2 is 1.72 bits per heavy atom. The number of benzene rings is 2. The van der Waals surface area contributed by atoms with E-state index in [1.165, 1.54) is 25.2 Å². The lowest BCUT2D eigenvalue weighted by Gasteiger charge is -2.29. The van der Waals surface area contributed by atoms with Crippen molar-refractivity contribution < 1.29 is 17.5 Å². The molecule has 25 heavy (non-hydrogen) atoms. The third-order valence-electron chi connectivity index (χ3n) is 4.24. The van der Waals surface area contributed by atoms with Gasteiger partial charge in [0.15, 0.2) is 0 Å². The molecule has 0 saturated carbocycles. The lowest BCUT2D eigenvalue weighted by molar-refractivity contribution is 0.122. The van der Waals surface area contributed by atoms with E-state index in [1.807, 2.05) is 24.3 Å². The summed E-state index contributed by atoms with van der Waals surface area (Å²) in [6, 6.07) is 13.2. The first kappa shape index (κ1) is 17.8. The Morgan fingerprint density at radius 1 is 1.08 bits per heavy atom. The van der Waals surface area contributed by atoms with Gasteiger partial charge in [0.05, 0.1) is 13.2 Å². The van der Waals surface area contributed by atoms with Crippen LogP contribution < -0.4 is 4.90 Å². The largest absolute Gasteiger partial charge is 0.378 e. The molecule has 1 heterocycles. The van der Waals surface area contributed by atoms with Crippen molar-refractivity contribution in [3.05, 3.63) is 59.9 Å². The molecule has 2 aromatic carbocycles. The van der Waals surface area contributed by atoms with Crippen LogP contribution in [-0.2, 0) is 21.3 Å². The second-order valence-electron chi connectivity index (χ2n) is 5.96. The lowest BCUT2D eigenvalue weighted by Crippen LogP contribution is -2.36. The molecule has 0 N–H and O–H groups in total. The Balaban J connectivity index is 1.72. The number of hydrogen-bond acceptors (Lipinski definition) is 4. The van der Waals surface area contributed by atoms with Crippen LogP contribution in [0, 0.1) is 5.82 Å². The van der Waals surface area contributed by atoms with Gasteiger partial charge in [0.25, 0.3) is 0 Å². The van der Waals surface area contributed by atoms with Crippen molar-refractivity contribution in [3.8, 4) is 0 Å². The van der Waals surface area contributed by atoms with Crippen molar-refractivity contribution in [1.82, 2.24) is 4.31 Å². The monoisotopic (exact) mass is 364 g/mol. The summed E-state index contributed by atoms with van der Waals surface area (Å²) in [7, 11) is -2.41. The van der Waals surface area contributed by atoms with Crippen LogP contribution in [0.25, 0.3) is 0 Å². The fourth-order valence-electron chi connectivity index (χ4n) is 2.80. The van der Waals surface area contributed by atoms with Gasteiger partial charge in [-0.1, -0.05) is 24.3 Å². The number of halogens is 1. The highest BCUT2D eigenvalue weighted by Crippen LogP contribution is 2.21. The molecule has 0 spiro atoms. The minimum atomic E-state index is -3.87.